The number of benzene rings is 2. The Hall–Kier alpha value is -2.88. The fraction of sp³-hybridized carbons (Fsp3) is 0.238. The van der Waals surface area contributed by atoms with Crippen molar-refractivity contribution >= 4 is 23.6 Å². The fourth-order valence-corrected chi connectivity index (χ4v) is 2.33. The first-order valence-corrected chi connectivity index (χ1v) is 8.26. The quantitative estimate of drug-likeness (QED) is 0.631. The molecule has 0 aliphatic rings. The number of amides is 1. The number of carbonyl (C=O) groups is 2. The third kappa shape index (κ3) is 5.92. The van der Waals surface area contributed by atoms with Gasteiger partial charge in [0.2, 0.25) is 0 Å². The minimum absolute atomic E-state index is 0.288. The molecule has 0 aromatic heterocycles. The summed E-state index contributed by atoms with van der Waals surface area (Å²) >= 11 is 0. The molecule has 0 saturated heterocycles. The molecular formula is C21H23NO3. The summed E-state index contributed by atoms with van der Waals surface area (Å²) in [6.07, 6.45) is 2.98. The van der Waals surface area contributed by atoms with E-state index in [1.54, 1.807) is 6.08 Å². The number of hydrogen-bond donors (Lipinski definition) is 1. The van der Waals surface area contributed by atoms with Crippen LogP contribution in [-0.2, 0) is 14.3 Å². The molecule has 2 aromatic carbocycles. The Morgan fingerprint density at radius 2 is 1.76 bits per heavy atom. The van der Waals surface area contributed by atoms with E-state index in [1.165, 1.54) is 6.08 Å². The van der Waals surface area contributed by atoms with Gasteiger partial charge in [-0.1, -0.05) is 61.9 Å². The van der Waals surface area contributed by atoms with Crippen molar-refractivity contribution in [2.75, 3.05) is 11.9 Å². The normalized spacial score (nSPS) is 10.9. The van der Waals surface area contributed by atoms with Gasteiger partial charge in [0, 0.05) is 11.8 Å². The van der Waals surface area contributed by atoms with Crippen LogP contribution in [0.3, 0.4) is 0 Å². The van der Waals surface area contributed by atoms with Gasteiger partial charge in [0.15, 0.2) is 6.61 Å². The molecule has 2 aromatic rings. The van der Waals surface area contributed by atoms with E-state index in [1.807, 2.05) is 55.5 Å². The first-order chi connectivity index (χ1) is 12.0. The lowest BCUT2D eigenvalue weighted by atomic mass is 10.0. The van der Waals surface area contributed by atoms with Gasteiger partial charge in [-0.15, -0.1) is 0 Å². The maximum absolute atomic E-state index is 12.0. The van der Waals surface area contributed by atoms with Crippen molar-refractivity contribution in [3.63, 3.8) is 0 Å². The highest BCUT2D eigenvalue weighted by atomic mass is 16.5. The monoisotopic (exact) mass is 337 g/mol. The van der Waals surface area contributed by atoms with Gasteiger partial charge in [0.1, 0.15) is 0 Å². The Bertz CT molecular complexity index is 761. The van der Waals surface area contributed by atoms with Crippen LogP contribution in [-0.4, -0.2) is 18.5 Å². The Kier molecular flexibility index (Phi) is 6.52. The number of hydrogen-bond acceptors (Lipinski definition) is 3. The molecule has 4 nitrogen and oxygen atoms in total. The number of ether oxygens (including phenoxy) is 1. The van der Waals surface area contributed by atoms with Crippen LogP contribution < -0.4 is 5.32 Å². The van der Waals surface area contributed by atoms with Crippen LogP contribution in [0.15, 0.2) is 54.6 Å². The van der Waals surface area contributed by atoms with Crippen LogP contribution in [0, 0.1) is 6.92 Å². The summed E-state index contributed by atoms with van der Waals surface area (Å²) < 4.78 is 4.98. The van der Waals surface area contributed by atoms with Crippen molar-refractivity contribution < 1.29 is 14.3 Å². The molecule has 25 heavy (non-hydrogen) atoms. The van der Waals surface area contributed by atoms with Gasteiger partial charge in [-0.2, -0.15) is 0 Å². The zero-order chi connectivity index (χ0) is 18.2. The number of anilines is 1. The second-order valence-electron chi connectivity index (χ2n) is 6.14. The van der Waals surface area contributed by atoms with Gasteiger partial charge >= 0.3 is 5.97 Å². The molecule has 0 bridgehead atoms. The van der Waals surface area contributed by atoms with E-state index < -0.39 is 5.97 Å². The largest absolute Gasteiger partial charge is 0.452 e. The van der Waals surface area contributed by atoms with Crippen molar-refractivity contribution in [2.45, 2.75) is 26.7 Å². The maximum Gasteiger partial charge on any atom is 0.331 e. The number of esters is 1. The van der Waals surface area contributed by atoms with E-state index in [9.17, 15) is 9.59 Å². The molecule has 0 heterocycles. The maximum atomic E-state index is 12.0. The van der Waals surface area contributed by atoms with Crippen molar-refractivity contribution in [3.05, 3.63) is 71.3 Å². The number of rotatable bonds is 6. The van der Waals surface area contributed by atoms with E-state index in [2.05, 4.69) is 19.2 Å². The topological polar surface area (TPSA) is 55.4 Å². The van der Waals surface area contributed by atoms with Crippen molar-refractivity contribution in [3.8, 4) is 0 Å². The van der Waals surface area contributed by atoms with Crippen LogP contribution in [0.4, 0.5) is 5.69 Å². The first kappa shape index (κ1) is 18.5. The first-order valence-electron chi connectivity index (χ1n) is 8.26. The molecular weight excluding hydrogens is 314 g/mol. The van der Waals surface area contributed by atoms with Crippen LogP contribution in [0.5, 0.6) is 0 Å². The Labute approximate surface area is 148 Å². The van der Waals surface area contributed by atoms with Gasteiger partial charge in [0.25, 0.3) is 5.91 Å². The Balaban J connectivity index is 1.85. The van der Waals surface area contributed by atoms with Crippen molar-refractivity contribution in [1.29, 1.82) is 0 Å². The van der Waals surface area contributed by atoms with Gasteiger partial charge in [0.05, 0.1) is 0 Å². The summed E-state index contributed by atoms with van der Waals surface area (Å²) in [6, 6.07) is 15.3. The third-order valence-electron chi connectivity index (χ3n) is 3.69. The van der Waals surface area contributed by atoms with E-state index in [4.69, 9.17) is 4.74 Å². The van der Waals surface area contributed by atoms with Crippen LogP contribution in [0.2, 0.25) is 0 Å². The van der Waals surface area contributed by atoms with Crippen LogP contribution in [0.1, 0.15) is 36.5 Å². The second-order valence-corrected chi connectivity index (χ2v) is 6.14. The summed E-state index contributed by atoms with van der Waals surface area (Å²) in [5.74, 6) is -0.616. The van der Waals surface area contributed by atoms with Gasteiger partial charge < -0.3 is 10.1 Å². The van der Waals surface area contributed by atoms with Crippen LogP contribution in [0.25, 0.3) is 6.08 Å². The Morgan fingerprint density at radius 3 is 2.44 bits per heavy atom. The van der Waals surface area contributed by atoms with Gasteiger partial charge in [-0.05, 0) is 36.1 Å². The third-order valence-corrected chi connectivity index (χ3v) is 3.69. The average Bonchev–Trinajstić information content (AvgIpc) is 2.59. The smallest absolute Gasteiger partial charge is 0.331 e. The van der Waals surface area contributed by atoms with E-state index in [0.717, 1.165) is 22.4 Å². The molecule has 0 radical (unpaired) electrons. The number of nitrogens with one attached hydrogen (secondary N) is 1. The Morgan fingerprint density at radius 1 is 1.08 bits per heavy atom. The highest BCUT2D eigenvalue weighted by Gasteiger charge is 2.10. The molecule has 0 fully saturated rings. The summed E-state index contributed by atoms with van der Waals surface area (Å²) in [5, 5.41) is 2.79. The minimum atomic E-state index is -0.548. The number of carbonyl (C=O) groups excluding carboxylic acids is 2. The zero-order valence-electron chi connectivity index (χ0n) is 14.8. The predicted octanol–water partition coefficient (Wildman–Crippen LogP) is 4.31. The van der Waals surface area contributed by atoms with Crippen molar-refractivity contribution in [2.24, 2.45) is 0 Å². The van der Waals surface area contributed by atoms with E-state index in [-0.39, 0.29) is 18.4 Å². The molecule has 4 heteroatoms. The number of para-hydroxylation sites is 1. The molecule has 1 N–H and O–H groups in total. The average molecular weight is 337 g/mol. The zero-order valence-corrected chi connectivity index (χ0v) is 14.8. The summed E-state index contributed by atoms with van der Waals surface area (Å²) in [6.45, 7) is 5.79. The summed E-state index contributed by atoms with van der Waals surface area (Å²) in [7, 11) is 0. The standard InChI is InChI=1S/C21H23NO3/c1-15(2)18-6-4-5-7-19(18)22-20(23)14-25-21(24)13-12-17-10-8-16(3)9-11-17/h4-13,15H,14H2,1-3H3,(H,22,23)/b13-12+. The summed E-state index contributed by atoms with van der Waals surface area (Å²) in [5.41, 5.74) is 3.84. The van der Waals surface area contributed by atoms with E-state index in [0.29, 0.717) is 0 Å². The highest BCUT2D eigenvalue weighted by Crippen LogP contribution is 2.23. The van der Waals surface area contributed by atoms with Crippen LogP contribution >= 0.6 is 0 Å². The summed E-state index contributed by atoms with van der Waals surface area (Å²) in [4.78, 5) is 23.7. The van der Waals surface area contributed by atoms with Crippen molar-refractivity contribution in [1.82, 2.24) is 0 Å². The minimum Gasteiger partial charge on any atom is -0.452 e. The molecule has 0 spiro atoms. The highest BCUT2D eigenvalue weighted by molar-refractivity contribution is 5.95. The lowest BCUT2D eigenvalue weighted by Crippen LogP contribution is -2.21. The predicted molar refractivity (Wildman–Crippen MR) is 100 cm³/mol. The van der Waals surface area contributed by atoms with Gasteiger partial charge in [-0.25, -0.2) is 4.79 Å². The molecule has 2 rings (SSSR count). The molecule has 130 valence electrons. The molecule has 0 aliphatic carbocycles. The fourth-order valence-electron chi connectivity index (χ4n) is 2.33. The molecule has 0 unspecified atom stereocenters. The molecule has 0 saturated carbocycles. The van der Waals surface area contributed by atoms with E-state index >= 15 is 0 Å². The lowest BCUT2D eigenvalue weighted by molar-refractivity contribution is -0.142. The number of aryl methyl sites for hydroxylation is 1. The SMILES string of the molecule is Cc1ccc(/C=C/C(=O)OCC(=O)Nc2ccccc2C(C)C)cc1. The second kappa shape index (κ2) is 8.83. The lowest BCUT2D eigenvalue weighted by Gasteiger charge is -2.13. The molecule has 1 amide bonds. The molecule has 0 aliphatic heterocycles. The van der Waals surface area contributed by atoms with Gasteiger partial charge in [-0.3, -0.25) is 4.79 Å². The molecule has 0 atom stereocenters.